The smallest absolute Gasteiger partial charge is 0.321 e. The first kappa shape index (κ1) is 22.4. The number of nitrogens with zero attached hydrogens (tertiary/aromatic N) is 3. The number of aromatic nitrogens is 3. The second-order valence-electron chi connectivity index (χ2n) is 7.30. The topological polar surface area (TPSA) is 115 Å². The summed E-state index contributed by atoms with van der Waals surface area (Å²) in [6, 6.07) is 9.19. The van der Waals surface area contributed by atoms with Crippen LogP contribution in [0.4, 0.5) is 4.79 Å². The van der Waals surface area contributed by atoms with Crippen LogP contribution < -0.4 is 10.6 Å². The SMILES string of the molecule is Cc1nnc(SCC(=O)OCC(=O)NC(=O)NC(C)(C)C)n1Cc1ccccc1. The minimum absolute atomic E-state index is 0.0333. The number of rotatable bonds is 7. The Labute approximate surface area is 173 Å². The molecule has 1 heterocycles. The zero-order valence-corrected chi connectivity index (χ0v) is 17.7. The largest absolute Gasteiger partial charge is 0.455 e. The summed E-state index contributed by atoms with van der Waals surface area (Å²) in [7, 11) is 0. The number of carbonyl (C=O) groups is 3. The Balaban J connectivity index is 1.80. The van der Waals surface area contributed by atoms with Crippen LogP contribution in [0.3, 0.4) is 0 Å². The number of thioether (sulfide) groups is 1. The predicted molar refractivity (Wildman–Crippen MR) is 108 cm³/mol. The normalized spacial score (nSPS) is 11.0. The minimum atomic E-state index is -0.701. The molecule has 9 nitrogen and oxygen atoms in total. The summed E-state index contributed by atoms with van der Waals surface area (Å²) >= 11 is 1.17. The van der Waals surface area contributed by atoms with Crippen LogP contribution in [0.15, 0.2) is 35.5 Å². The van der Waals surface area contributed by atoms with E-state index in [1.165, 1.54) is 11.8 Å². The van der Waals surface area contributed by atoms with Crippen molar-refractivity contribution in [3.05, 3.63) is 41.7 Å². The van der Waals surface area contributed by atoms with E-state index in [4.69, 9.17) is 4.74 Å². The van der Waals surface area contributed by atoms with Crippen molar-refractivity contribution in [1.82, 2.24) is 25.4 Å². The highest BCUT2D eigenvalue weighted by Crippen LogP contribution is 2.18. The molecule has 2 rings (SSSR count). The maximum absolute atomic E-state index is 11.9. The second-order valence-corrected chi connectivity index (χ2v) is 8.25. The van der Waals surface area contributed by atoms with E-state index in [0.717, 1.165) is 11.4 Å². The van der Waals surface area contributed by atoms with Gasteiger partial charge >= 0.3 is 12.0 Å². The number of aryl methyl sites for hydroxylation is 1. The maximum atomic E-state index is 11.9. The van der Waals surface area contributed by atoms with Crippen LogP contribution in [-0.2, 0) is 20.9 Å². The lowest BCUT2D eigenvalue weighted by atomic mass is 10.1. The third-order valence-electron chi connectivity index (χ3n) is 3.51. The van der Waals surface area contributed by atoms with Crippen molar-refractivity contribution in [1.29, 1.82) is 0 Å². The van der Waals surface area contributed by atoms with Crippen LogP contribution >= 0.6 is 11.8 Å². The summed E-state index contributed by atoms with van der Waals surface area (Å²) in [4.78, 5) is 35.2. The van der Waals surface area contributed by atoms with Crippen LogP contribution in [-0.4, -0.2) is 50.6 Å². The van der Waals surface area contributed by atoms with Gasteiger partial charge in [0.15, 0.2) is 11.8 Å². The van der Waals surface area contributed by atoms with Gasteiger partial charge in [-0.05, 0) is 33.3 Å². The molecule has 29 heavy (non-hydrogen) atoms. The van der Waals surface area contributed by atoms with Crippen molar-refractivity contribution in [2.24, 2.45) is 0 Å². The van der Waals surface area contributed by atoms with E-state index in [1.807, 2.05) is 41.8 Å². The fourth-order valence-electron chi connectivity index (χ4n) is 2.26. The summed E-state index contributed by atoms with van der Waals surface area (Å²) < 4.78 is 6.81. The third-order valence-corrected chi connectivity index (χ3v) is 4.45. The Morgan fingerprint density at radius 3 is 2.48 bits per heavy atom. The van der Waals surface area contributed by atoms with Crippen LogP contribution in [0.1, 0.15) is 32.2 Å². The number of hydrogen-bond acceptors (Lipinski definition) is 7. The molecule has 0 saturated carbocycles. The number of urea groups is 1. The lowest BCUT2D eigenvalue weighted by Crippen LogP contribution is -2.49. The first-order chi connectivity index (χ1) is 13.6. The molecule has 0 fully saturated rings. The van der Waals surface area contributed by atoms with Gasteiger partial charge in [0.1, 0.15) is 5.82 Å². The van der Waals surface area contributed by atoms with Crippen LogP contribution in [0.5, 0.6) is 0 Å². The number of imide groups is 1. The molecular formula is C19H25N5O4S. The van der Waals surface area contributed by atoms with Crippen molar-refractivity contribution in [3.8, 4) is 0 Å². The van der Waals surface area contributed by atoms with Crippen molar-refractivity contribution in [2.75, 3.05) is 12.4 Å². The lowest BCUT2D eigenvalue weighted by Gasteiger charge is -2.20. The first-order valence-electron chi connectivity index (χ1n) is 8.98. The highest BCUT2D eigenvalue weighted by Gasteiger charge is 2.17. The molecule has 0 unspecified atom stereocenters. The summed E-state index contributed by atoms with van der Waals surface area (Å²) in [5.74, 6) is -0.593. The number of benzene rings is 1. The Bertz CT molecular complexity index is 861. The minimum Gasteiger partial charge on any atom is -0.455 e. The second kappa shape index (κ2) is 10.1. The van der Waals surface area contributed by atoms with Gasteiger partial charge in [-0.25, -0.2) is 4.79 Å². The van der Waals surface area contributed by atoms with E-state index in [9.17, 15) is 14.4 Å². The Kier molecular flexibility index (Phi) is 7.77. The standard InChI is InChI=1S/C19H25N5O4S/c1-13-22-23-18(24(13)10-14-8-6-5-7-9-14)29-12-16(26)28-11-15(25)20-17(27)21-19(2,3)4/h5-9H,10-12H2,1-4H3,(H2,20,21,25,27). The summed E-state index contributed by atoms with van der Waals surface area (Å²) in [6.07, 6.45) is 0. The number of ether oxygens (including phenoxy) is 1. The van der Waals surface area contributed by atoms with E-state index in [2.05, 4.69) is 20.8 Å². The van der Waals surface area contributed by atoms with Gasteiger partial charge in [0.25, 0.3) is 5.91 Å². The van der Waals surface area contributed by atoms with Crippen LogP contribution in [0.2, 0.25) is 0 Å². The fourth-order valence-corrected chi connectivity index (χ4v) is 3.04. The molecule has 10 heteroatoms. The zero-order valence-electron chi connectivity index (χ0n) is 16.9. The molecule has 0 aliphatic carbocycles. The third kappa shape index (κ3) is 7.94. The number of carbonyl (C=O) groups excluding carboxylic acids is 3. The Morgan fingerprint density at radius 1 is 1.14 bits per heavy atom. The number of amides is 3. The molecule has 0 radical (unpaired) electrons. The maximum Gasteiger partial charge on any atom is 0.321 e. The summed E-state index contributed by atoms with van der Waals surface area (Å²) in [6.45, 7) is 7.24. The summed E-state index contributed by atoms with van der Waals surface area (Å²) in [5.41, 5.74) is 0.607. The molecule has 2 aromatic rings. The summed E-state index contributed by atoms with van der Waals surface area (Å²) in [5, 5.41) is 13.4. The van der Waals surface area contributed by atoms with E-state index in [0.29, 0.717) is 11.7 Å². The van der Waals surface area contributed by atoms with E-state index in [1.54, 1.807) is 20.8 Å². The molecule has 1 aromatic heterocycles. The van der Waals surface area contributed by atoms with Gasteiger partial charge in [-0.15, -0.1) is 10.2 Å². The molecule has 156 valence electrons. The first-order valence-corrected chi connectivity index (χ1v) is 9.97. The average molecular weight is 420 g/mol. The van der Waals surface area contributed by atoms with Gasteiger partial charge < -0.3 is 14.6 Å². The Morgan fingerprint density at radius 2 is 1.83 bits per heavy atom. The number of nitrogens with one attached hydrogen (secondary N) is 2. The van der Waals surface area contributed by atoms with E-state index >= 15 is 0 Å². The molecule has 0 aliphatic rings. The monoisotopic (exact) mass is 419 g/mol. The van der Waals surface area contributed by atoms with Gasteiger partial charge in [-0.2, -0.15) is 0 Å². The van der Waals surface area contributed by atoms with Gasteiger partial charge in [0, 0.05) is 5.54 Å². The number of hydrogen-bond donors (Lipinski definition) is 2. The number of esters is 1. The van der Waals surface area contributed by atoms with Crippen LogP contribution in [0.25, 0.3) is 0 Å². The van der Waals surface area contributed by atoms with E-state index in [-0.39, 0.29) is 5.75 Å². The fraction of sp³-hybridized carbons (Fsp3) is 0.421. The molecular weight excluding hydrogens is 394 g/mol. The van der Waals surface area contributed by atoms with Crippen molar-refractivity contribution in [2.45, 2.75) is 44.9 Å². The predicted octanol–water partition coefficient (Wildman–Crippen LogP) is 1.89. The molecule has 0 spiro atoms. The molecule has 3 amide bonds. The van der Waals surface area contributed by atoms with Gasteiger partial charge in [-0.1, -0.05) is 42.1 Å². The molecule has 2 N–H and O–H groups in total. The van der Waals surface area contributed by atoms with E-state index < -0.39 is 30.1 Å². The quantitative estimate of drug-likeness (QED) is 0.520. The van der Waals surface area contributed by atoms with Crippen LogP contribution in [0, 0.1) is 6.92 Å². The van der Waals surface area contributed by atoms with Crippen molar-refractivity contribution in [3.63, 3.8) is 0 Å². The molecule has 0 saturated heterocycles. The van der Waals surface area contributed by atoms with Crippen molar-refractivity contribution < 1.29 is 19.1 Å². The van der Waals surface area contributed by atoms with Crippen molar-refractivity contribution >= 4 is 29.7 Å². The molecule has 1 aromatic carbocycles. The molecule has 0 atom stereocenters. The van der Waals surface area contributed by atoms with Gasteiger partial charge in [0.2, 0.25) is 0 Å². The highest BCUT2D eigenvalue weighted by molar-refractivity contribution is 7.99. The lowest BCUT2D eigenvalue weighted by molar-refractivity contribution is -0.145. The van der Waals surface area contributed by atoms with Gasteiger partial charge in [-0.3, -0.25) is 14.9 Å². The Hall–Kier alpha value is -2.88. The zero-order chi connectivity index (χ0) is 21.4. The molecule has 0 bridgehead atoms. The average Bonchev–Trinajstić information content (AvgIpc) is 2.97. The van der Waals surface area contributed by atoms with Gasteiger partial charge in [0.05, 0.1) is 12.3 Å². The molecule has 0 aliphatic heterocycles. The highest BCUT2D eigenvalue weighted by atomic mass is 32.2.